The number of amides is 1. The second-order valence-electron chi connectivity index (χ2n) is 5.48. The summed E-state index contributed by atoms with van der Waals surface area (Å²) < 4.78 is 0. The summed E-state index contributed by atoms with van der Waals surface area (Å²) in [5.41, 5.74) is 1.01. The van der Waals surface area contributed by atoms with Gasteiger partial charge in [0.2, 0.25) is 5.91 Å². The number of hydrogen-bond acceptors (Lipinski definition) is 4. The number of hydrogen-bond donors (Lipinski definition) is 4. The first-order valence-electron chi connectivity index (χ1n) is 7.28. The van der Waals surface area contributed by atoms with Crippen molar-refractivity contribution in [1.29, 1.82) is 0 Å². The third-order valence-electron chi connectivity index (χ3n) is 4.45. The van der Waals surface area contributed by atoms with Gasteiger partial charge in [0.05, 0.1) is 29.2 Å². The van der Waals surface area contributed by atoms with E-state index in [0.717, 1.165) is 11.4 Å². The number of carboxylic acids is 1. The molecular weight excluding hydrogens is 272 g/mol. The van der Waals surface area contributed by atoms with E-state index in [1.165, 1.54) is 0 Å². The minimum Gasteiger partial charge on any atom is -0.481 e. The summed E-state index contributed by atoms with van der Waals surface area (Å²) in [6, 6.07) is -0.360. The van der Waals surface area contributed by atoms with E-state index in [2.05, 4.69) is 20.6 Å². The summed E-state index contributed by atoms with van der Waals surface area (Å²) in [6.45, 7) is 4.39. The van der Waals surface area contributed by atoms with Crippen LogP contribution in [0, 0.1) is 5.41 Å². The van der Waals surface area contributed by atoms with Crippen molar-refractivity contribution < 1.29 is 14.7 Å². The standard InChI is InChI=1S/C14H22N4O3/c1-3-14(4-2,13(20)21)7-16-12(19)10-5-9-11(6-15-10)18-8-17-9/h8,10,15H,3-7H2,1-2H3,(H,16,19)(H,17,18)(H,20,21). The van der Waals surface area contributed by atoms with E-state index in [1.54, 1.807) is 6.33 Å². The van der Waals surface area contributed by atoms with E-state index in [4.69, 9.17) is 0 Å². The molecule has 0 fully saturated rings. The predicted octanol–water partition coefficient (Wildman–Crippen LogP) is 0.431. The molecule has 2 rings (SSSR count). The minimum absolute atomic E-state index is 0.153. The van der Waals surface area contributed by atoms with Crippen LogP contribution in [0.15, 0.2) is 6.33 Å². The zero-order valence-electron chi connectivity index (χ0n) is 12.4. The van der Waals surface area contributed by atoms with Crippen molar-refractivity contribution in [2.75, 3.05) is 6.54 Å². The van der Waals surface area contributed by atoms with Gasteiger partial charge in [-0.1, -0.05) is 13.8 Å². The maximum atomic E-state index is 12.2. The van der Waals surface area contributed by atoms with Gasteiger partial charge in [0.25, 0.3) is 0 Å². The van der Waals surface area contributed by atoms with Gasteiger partial charge in [-0.3, -0.25) is 14.9 Å². The number of imidazole rings is 1. The molecule has 1 amide bonds. The van der Waals surface area contributed by atoms with Gasteiger partial charge in [0.15, 0.2) is 0 Å². The zero-order chi connectivity index (χ0) is 15.5. The van der Waals surface area contributed by atoms with E-state index < -0.39 is 11.4 Å². The maximum Gasteiger partial charge on any atom is 0.311 e. The molecule has 0 aromatic carbocycles. The lowest BCUT2D eigenvalue weighted by Gasteiger charge is -2.29. The van der Waals surface area contributed by atoms with Gasteiger partial charge in [0.1, 0.15) is 0 Å². The van der Waals surface area contributed by atoms with Crippen molar-refractivity contribution in [1.82, 2.24) is 20.6 Å². The van der Waals surface area contributed by atoms with Gasteiger partial charge in [-0.2, -0.15) is 0 Å². The Kier molecular flexibility index (Phi) is 4.62. The molecule has 1 aromatic heterocycles. The molecule has 4 N–H and O–H groups in total. The number of nitrogens with one attached hydrogen (secondary N) is 3. The molecule has 0 radical (unpaired) electrons. The predicted molar refractivity (Wildman–Crippen MR) is 76.6 cm³/mol. The number of aromatic nitrogens is 2. The molecule has 0 bridgehead atoms. The molecule has 1 unspecified atom stereocenters. The highest BCUT2D eigenvalue weighted by molar-refractivity contribution is 5.83. The summed E-state index contributed by atoms with van der Waals surface area (Å²) in [6.07, 6.45) is 3.11. The fourth-order valence-corrected chi connectivity index (χ4v) is 2.61. The van der Waals surface area contributed by atoms with Gasteiger partial charge in [-0.25, -0.2) is 4.98 Å². The lowest BCUT2D eigenvalue weighted by Crippen LogP contribution is -2.51. The second kappa shape index (κ2) is 6.26. The monoisotopic (exact) mass is 294 g/mol. The highest BCUT2D eigenvalue weighted by atomic mass is 16.4. The van der Waals surface area contributed by atoms with Crippen molar-refractivity contribution in [3.63, 3.8) is 0 Å². The van der Waals surface area contributed by atoms with Gasteiger partial charge >= 0.3 is 5.97 Å². The lowest BCUT2D eigenvalue weighted by molar-refractivity contribution is -0.149. The number of carboxylic acid groups (broad SMARTS) is 1. The molecule has 2 heterocycles. The van der Waals surface area contributed by atoms with Crippen LogP contribution in [0.2, 0.25) is 0 Å². The molecule has 116 valence electrons. The second-order valence-corrected chi connectivity index (χ2v) is 5.48. The zero-order valence-corrected chi connectivity index (χ0v) is 12.4. The highest BCUT2D eigenvalue weighted by Crippen LogP contribution is 2.25. The lowest BCUT2D eigenvalue weighted by atomic mass is 9.82. The summed E-state index contributed by atoms with van der Waals surface area (Å²) in [5, 5.41) is 15.3. The third-order valence-corrected chi connectivity index (χ3v) is 4.45. The van der Waals surface area contributed by atoms with Crippen LogP contribution in [-0.4, -0.2) is 39.5 Å². The van der Waals surface area contributed by atoms with Crippen molar-refractivity contribution >= 4 is 11.9 Å². The topological polar surface area (TPSA) is 107 Å². The molecule has 1 aliphatic heterocycles. The van der Waals surface area contributed by atoms with Crippen LogP contribution in [0.4, 0.5) is 0 Å². The smallest absolute Gasteiger partial charge is 0.311 e. The summed E-state index contributed by atoms with van der Waals surface area (Å²) in [5.74, 6) is -1.03. The SMILES string of the molecule is CCC(CC)(CNC(=O)C1Cc2nc[nH]c2CN1)C(=O)O. The number of fused-ring (bicyclic) bond motifs is 1. The van der Waals surface area contributed by atoms with E-state index >= 15 is 0 Å². The average Bonchev–Trinajstić information content (AvgIpc) is 2.95. The van der Waals surface area contributed by atoms with Gasteiger partial charge < -0.3 is 15.4 Å². The van der Waals surface area contributed by atoms with Crippen LogP contribution >= 0.6 is 0 Å². The Morgan fingerprint density at radius 3 is 2.81 bits per heavy atom. The quantitative estimate of drug-likeness (QED) is 0.608. The summed E-state index contributed by atoms with van der Waals surface area (Å²) >= 11 is 0. The van der Waals surface area contributed by atoms with Crippen molar-refractivity contribution in [3.05, 3.63) is 17.7 Å². The molecule has 0 saturated carbocycles. The Morgan fingerprint density at radius 2 is 2.19 bits per heavy atom. The van der Waals surface area contributed by atoms with Crippen LogP contribution in [0.5, 0.6) is 0 Å². The number of aromatic amines is 1. The molecule has 0 spiro atoms. The first kappa shape index (κ1) is 15.5. The summed E-state index contributed by atoms with van der Waals surface area (Å²) in [7, 11) is 0. The van der Waals surface area contributed by atoms with Crippen LogP contribution in [-0.2, 0) is 22.6 Å². The average molecular weight is 294 g/mol. The maximum absolute atomic E-state index is 12.2. The van der Waals surface area contributed by atoms with E-state index in [0.29, 0.717) is 25.8 Å². The molecular formula is C14H22N4O3. The Morgan fingerprint density at radius 1 is 1.48 bits per heavy atom. The van der Waals surface area contributed by atoms with Gasteiger partial charge in [0, 0.05) is 19.5 Å². The van der Waals surface area contributed by atoms with Crippen LogP contribution in [0.1, 0.15) is 38.1 Å². The number of rotatable bonds is 6. The Labute approximate surface area is 123 Å². The Balaban J connectivity index is 1.95. The van der Waals surface area contributed by atoms with Crippen molar-refractivity contribution in [3.8, 4) is 0 Å². The Bertz CT molecular complexity index is 522. The minimum atomic E-state index is -0.887. The van der Waals surface area contributed by atoms with Crippen molar-refractivity contribution in [2.45, 2.75) is 45.7 Å². The van der Waals surface area contributed by atoms with E-state index in [-0.39, 0.29) is 18.5 Å². The molecule has 7 heteroatoms. The van der Waals surface area contributed by atoms with Gasteiger partial charge in [-0.15, -0.1) is 0 Å². The summed E-state index contributed by atoms with van der Waals surface area (Å²) in [4.78, 5) is 30.9. The molecule has 7 nitrogen and oxygen atoms in total. The van der Waals surface area contributed by atoms with E-state index in [9.17, 15) is 14.7 Å². The largest absolute Gasteiger partial charge is 0.481 e. The fraction of sp³-hybridized carbons (Fsp3) is 0.643. The molecule has 1 aliphatic rings. The first-order chi connectivity index (χ1) is 10.0. The molecule has 0 saturated heterocycles. The molecule has 1 aromatic rings. The molecule has 21 heavy (non-hydrogen) atoms. The molecule has 1 atom stereocenters. The first-order valence-corrected chi connectivity index (χ1v) is 7.28. The van der Waals surface area contributed by atoms with Crippen LogP contribution < -0.4 is 10.6 Å². The highest BCUT2D eigenvalue weighted by Gasteiger charge is 2.36. The fourth-order valence-electron chi connectivity index (χ4n) is 2.61. The number of carbonyl (C=O) groups excluding carboxylic acids is 1. The van der Waals surface area contributed by atoms with E-state index in [1.807, 2.05) is 13.8 Å². The number of aliphatic carboxylic acids is 1. The van der Waals surface area contributed by atoms with Crippen LogP contribution in [0.3, 0.4) is 0 Å². The Hall–Kier alpha value is -1.89. The number of H-pyrrole nitrogens is 1. The molecule has 0 aliphatic carbocycles. The van der Waals surface area contributed by atoms with Crippen molar-refractivity contribution in [2.24, 2.45) is 5.41 Å². The normalized spacial score (nSPS) is 18.1. The van der Waals surface area contributed by atoms with Crippen LogP contribution in [0.25, 0.3) is 0 Å². The van der Waals surface area contributed by atoms with Gasteiger partial charge in [-0.05, 0) is 12.8 Å². The number of nitrogens with zero attached hydrogens (tertiary/aromatic N) is 1. The third kappa shape index (κ3) is 3.07. The number of carbonyl (C=O) groups is 2.